The highest BCUT2D eigenvalue weighted by atomic mass is 32.2. The minimum absolute atomic E-state index is 0.354. The van der Waals surface area contributed by atoms with Crippen molar-refractivity contribution in [3.05, 3.63) is 33.4 Å². The third-order valence-corrected chi connectivity index (χ3v) is 4.62. The predicted molar refractivity (Wildman–Crippen MR) is 68.4 cm³/mol. The Labute approximate surface area is 107 Å². The molecule has 1 atom stereocenters. The quantitative estimate of drug-likeness (QED) is 0.856. The van der Waals surface area contributed by atoms with Gasteiger partial charge in [0.1, 0.15) is 16.5 Å². The molecular weight excluding hydrogens is 256 g/mol. The lowest BCUT2D eigenvalue weighted by Gasteiger charge is -1.95. The molecule has 0 spiro atoms. The van der Waals surface area contributed by atoms with Crippen molar-refractivity contribution < 1.29 is 8.63 Å². The highest BCUT2D eigenvalue weighted by Crippen LogP contribution is 2.14. The Morgan fingerprint density at radius 1 is 1.29 bits per heavy atom. The van der Waals surface area contributed by atoms with E-state index in [1.807, 2.05) is 26.2 Å². The molecule has 2 heterocycles. The first-order valence-corrected chi connectivity index (χ1v) is 7.60. The molecule has 0 N–H and O–H groups in total. The molecule has 0 unspecified atom stereocenters. The Morgan fingerprint density at radius 3 is 2.59 bits per heavy atom. The number of hydrogen-bond donors (Lipinski definition) is 0. The Balaban J connectivity index is 1.97. The number of nitrogens with zero attached hydrogens (tertiary/aromatic N) is 2. The maximum Gasteiger partial charge on any atom is 0.207 e. The first-order valence-electron chi connectivity index (χ1n) is 5.23. The summed E-state index contributed by atoms with van der Waals surface area (Å²) in [5, 5.41) is 2.87. The highest BCUT2D eigenvalue weighted by molar-refractivity contribution is 7.83. The molecule has 92 valence electrons. The summed E-state index contributed by atoms with van der Waals surface area (Å²) in [5.74, 6) is 2.17. The molecule has 6 heteroatoms. The first-order chi connectivity index (χ1) is 8.04. The van der Waals surface area contributed by atoms with Gasteiger partial charge in [0.05, 0.1) is 11.4 Å². The second-order valence-corrected chi connectivity index (χ2v) is 6.26. The normalized spacial score (nSPS) is 12.9. The molecule has 0 fully saturated rings. The highest BCUT2D eigenvalue weighted by Gasteiger charge is 2.11. The van der Waals surface area contributed by atoms with E-state index in [0.29, 0.717) is 17.4 Å². The van der Waals surface area contributed by atoms with Gasteiger partial charge in [-0.1, -0.05) is 0 Å². The summed E-state index contributed by atoms with van der Waals surface area (Å²) in [6, 6.07) is 0. The topological polar surface area (TPSA) is 56.0 Å². The Bertz CT molecular complexity index is 526. The van der Waals surface area contributed by atoms with Crippen molar-refractivity contribution in [2.45, 2.75) is 32.3 Å². The molecule has 0 aliphatic carbocycles. The summed E-state index contributed by atoms with van der Waals surface area (Å²) in [6.45, 7) is 5.68. The summed E-state index contributed by atoms with van der Waals surface area (Å²) < 4.78 is 17.3. The molecule has 2 aromatic rings. The smallest absolute Gasteiger partial charge is 0.207 e. The second kappa shape index (κ2) is 5.10. The van der Waals surface area contributed by atoms with Gasteiger partial charge in [0.15, 0.2) is 0 Å². The maximum atomic E-state index is 11.9. The van der Waals surface area contributed by atoms with E-state index in [2.05, 4.69) is 9.97 Å². The lowest BCUT2D eigenvalue weighted by molar-refractivity contribution is 0.487. The number of rotatable bonds is 4. The van der Waals surface area contributed by atoms with Gasteiger partial charge in [-0.3, -0.25) is 4.21 Å². The molecule has 0 aliphatic heterocycles. The Morgan fingerprint density at radius 2 is 2.06 bits per heavy atom. The molecule has 0 radical (unpaired) electrons. The van der Waals surface area contributed by atoms with E-state index >= 15 is 0 Å². The van der Waals surface area contributed by atoms with Crippen LogP contribution in [0.3, 0.4) is 0 Å². The van der Waals surface area contributed by atoms with Crippen LogP contribution in [0.2, 0.25) is 0 Å². The largest absolute Gasteiger partial charge is 0.445 e. The summed E-state index contributed by atoms with van der Waals surface area (Å²) in [7, 11) is -1.01. The average Bonchev–Trinajstić information content (AvgIpc) is 2.75. The van der Waals surface area contributed by atoms with Crippen LogP contribution >= 0.6 is 11.3 Å². The Hall–Kier alpha value is -1.01. The molecule has 0 amide bonds. The van der Waals surface area contributed by atoms with E-state index in [0.717, 1.165) is 22.2 Å². The lowest BCUT2D eigenvalue weighted by Crippen LogP contribution is -1.99. The molecule has 2 aromatic heterocycles. The van der Waals surface area contributed by atoms with Crippen molar-refractivity contribution in [3.63, 3.8) is 0 Å². The minimum Gasteiger partial charge on any atom is -0.445 e. The fourth-order valence-electron chi connectivity index (χ4n) is 1.40. The van der Waals surface area contributed by atoms with Crippen LogP contribution in [-0.4, -0.2) is 14.2 Å². The number of oxazole rings is 1. The SMILES string of the molecule is Cc1csc(C[S@@](=O)Cc2nc(C)c(C)o2)n1. The number of thiazole rings is 1. The van der Waals surface area contributed by atoms with Crippen LogP contribution in [0.1, 0.15) is 28.0 Å². The number of aromatic nitrogens is 2. The Kier molecular flexibility index (Phi) is 3.73. The van der Waals surface area contributed by atoms with Crippen molar-refractivity contribution in [3.8, 4) is 0 Å². The van der Waals surface area contributed by atoms with Gasteiger partial charge in [-0.15, -0.1) is 11.3 Å². The van der Waals surface area contributed by atoms with Crippen LogP contribution in [0.4, 0.5) is 0 Å². The van der Waals surface area contributed by atoms with Crippen molar-refractivity contribution in [2.24, 2.45) is 0 Å². The summed E-state index contributed by atoms with van der Waals surface area (Å²) in [4.78, 5) is 8.51. The minimum atomic E-state index is -1.01. The lowest BCUT2D eigenvalue weighted by atomic mass is 10.4. The van der Waals surface area contributed by atoms with Crippen LogP contribution in [0, 0.1) is 20.8 Å². The van der Waals surface area contributed by atoms with Gasteiger partial charge >= 0.3 is 0 Å². The van der Waals surface area contributed by atoms with Gasteiger partial charge in [0.2, 0.25) is 5.89 Å². The monoisotopic (exact) mass is 270 g/mol. The van der Waals surface area contributed by atoms with E-state index in [1.165, 1.54) is 0 Å². The molecule has 0 aromatic carbocycles. The zero-order chi connectivity index (χ0) is 12.4. The molecule has 0 bridgehead atoms. The molecule has 0 saturated heterocycles. The number of aryl methyl sites for hydroxylation is 3. The average molecular weight is 270 g/mol. The summed E-state index contributed by atoms with van der Waals surface area (Å²) in [6.07, 6.45) is 0. The zero-order valence-electron chi connectivity index (χ0n) is 10.0. The number of hydrogen-bond acceptors (Lipinski definition) is 5. The van der Waals surface area contributed by atoms with Crippen molar-refractivity contribution in [2.75, 3.05) is 0 Å². The van der Waals surface area contributed by atoms with Crippen LogP contribution in [0.25, 0.3) is 0 Å². The fraction of sp³-hybridized carbons (Fsp3) is 0.455. The van der Waals surface area contributed by atoms with Crippen molar-refractivity contribution in [1.29, 1.82) is 0 Å². The van der Waals surface area contributed by atoms with Gasteiger partial charge < -0.3 is 4.42 Å². The third kappa shape index (κ3) is 3.23. The first kappa shape index (κ1) is 12.4. The van der Waals surface area contributed by atoms with E-state index in [1.54, 1.807) is 11.3 Å². The molecule has 0 aliphatic rings. The molecule has 4 nitrogen and oxygen atoms in total. The van der Waals surface area contributed by atoms with E-state index in [9.17, 15) is 4.21 Å². The van der Waals surface area contributed by atoms with Crippen LogP contribution in [0.5, 0.6) is 0 Å². The fourth-order valence-corrected chi connectivity index (χ4v) is 3.46. The molecule has 2 rings (SSSR count). The molecular formula is C11H14N2O2S2. The van der Waals surface area contributed by atoms with Gasteiger partial charge in [-0.25, -0.2) is 9.97 Å². The standard InChI is InChI=1S/C11H14N2O2S2/c1-7-4-16-11(12-7)6-17(14)5-10-13-8(2)9(3)15-10/h4H,5-6H2,1-3H3/t17-/m0/s1. The molecule has 17 heavy (non-hydrogen) atoms. The third-order valence-electron chi connectivity index (χ3n) is 2.31. The summed E-state index contributed by atoms with van der Waals surface area (Å²) >= 11 is 1.54. The van der Waals surface area contributed by atoms with E-state index in [4.69, 9.17) is 4.42 Å². The van der Waals surface area contributed by atoms with Crippen LogP contribution in [-0.2, 0) is 22.3 Å². The zero-order valence-corrected chi connectivity index (χ0v) is 11.7. The van der Waals surface area contributed by atoms with E-state index in [-0.39, 0.29) is 0 Å². The van der Waals surface area contributed by atoms with Crippen LogP contribution in [0.15, 0.2) is 9.80 Å². The maximum absolute atomic E-state index is 11.9. The van der Waals surface area contributed by atoms with Crippen molar-refractivity contribution in [1.82, 2.24) is 9.97 Å². The van der Waals surface area contributed by atoms with Gasteiger partial charge in [0, 0.05) is 21.9 Å². The van der Waals surface area contributed by atoms with Crippen LogP contribution < -0.4 is 0 Å². The molecule has 0 saturated carbocycles. The van der Waals surface area contributed by atoms with Crippen molar-refractivity contribution >= 4 is 22.1 Å². The van der Waals surface area contributed by atoms with Gasteiger partial charge in [0.25, 0.3) is 0 Å². The second-order valence-electron chi connectivity index (χ2n) is 3.86. The van der Waals surface area contributed by atoms with Gasteiger partial charge in [-0.2, -0.15) is 0 Å². The van der Waals surface area contributed by atoms with E-state index < -0.39 is 10.8 Å². The predicted octanol–water partition coefficient (Wildman–Crippen LogP) is 2.51. The summed E-state index contributed by atoms with van der Waals surface area (Å²) in [5.41, 5.74) is 1.84. The van der Waals surface area contributed by atoms with Gasteiger partial charge in [-0.05, 0) is 20.8 Å².